The molecule has 0 amide bonds. The van der Waals surface area contributed by atoms with E-state index < -0.39 is 0 Å². The van der Waals surface area contributed by atoms with Gasteiger partial charge in [0, 0.05) is 36.2 Å². The molecule has 4 N–H and O–H groups in total. The van der Waals surface area contributed by atoms with Crippen molar-refractivity contribution in [2.75, 3.05) is 22.2 Å². The van der Waals surface area contributed by atoms with E-state index in [1.807, 2.05) is 53.7 Å². The van der Waals surface area contributed by atoms with Crippen molar-refractivity contribution in [3.63, 3.8) is 0 Å². The summed E-state index contributed by atoms with van der Waals surface area (Å²) in [7, 11) is 0. The highest BCUT2D eigenvalue weighted by molar-refractivity contribution is 6.35. The standard InChI is InChI=1S/C30H28ClN9/c1-30(2,3)18-36-27-21(14-33)15-35-29-24(27)11-22(12-25(29)31)37-28(20-7-4-6-19(10-20)13-32)26-17-40(39-38-26)23-8-5-9-34-16-23/h4-12,15-17,28,37-39H,18H2,1-3H3,(H,35,36). The van der Waals surface area contributed by atoms with Crippen LogP contribution in [0.4, 0.5) is 17.1 Å². The largest absolute Gasteiger partial charge is 0.383 e. The van der Waals surface area contributed by atoms with Crippen molar-refractivity contribution in [1.82, 2.24) is 20.9 Å². The third-order valence-corrected chi connectivity index (χ3v) is 6.61. The monoisotopic (exact) mass is 549 g/mol. The molecule has 3 heterocycles. The zero-order valence-corrected chi connectivity index (χ0v) is 23.1. The Morgan fingerprint density at radius 1 is 1.07 bits per heavy atom. The topological polar surface area (TPSA) is 125 Å². The Morgan fingerprint density at radius 3 is 2.65 bits per heavy atom. The third-order valence-electron chi connectivity index (χ3n) is 6.32. The minimum atomic E-state index is -0.380. The molecule has 0 bridgehead atoms. The first-order valence-corrected chi connectivity index (χ1v) is 13.1. The Bertz CT molecular complexity index is 1660. The van der Waals surface area contributed by atoms with Crippen LogP contribution >= 0.6 is 11.6 Å². The lowest BCUT2D eigenvalue weighted by Crippen LogP contribution is -2.37. The van der Waals surface area contributed by atoms with Gasteiger partial charge in [0.05, 0.1) is 57.0 Å². The average Bonchev–Trinajstić information content (AvgIpc) is 3.44. The predicted molar refractivity (Wildman–Crippen MR) is 158 cm³/mol. The van der Waals surface area contributed by atoms with Crippen LogP contribution in [0.25, 0.3) is 10.9 Å². The summed E-state index contributed by atoms with van der Waals surface area (Å²) in [6.07, 6.45) is 6.95. The molecule has 0 fully saturated rings. The fourth-order valence-corrected chi connectivity index (χ4v) is 4.65. The number of rotatable bonds is 7. The summed E-state index contributed by atoms with van der Waals surface area (Å²) in [6.45, 7) is 7.04. The predicted octanol–water partition coefficient (Wildman–Crippen LogP) is 6.01. The van der Waals surface area contributed by atoms with E-state index in [-0.39, 0.29) is 11.5 Å². The fourth-order valence-electron chi connectivity index (χ4n) is 4.38. The van der Waals surface area contributed by atoms with E-state index in [4.69, 9.17) is 11.6 Å². The lowest BCUT2D eigenvalue weighted by atomic mass is 9.96. The number of halogens is 1. The van der Waals surface area contributed by atoms with Crippen LogP contribution in [0.15, 0.2) is 79.0 Å². The van der Waals surface area contributed by atoms with Crippen LogP contribution in [0.3, 0.4) is 0 Å². The highest BCUT2D eigenvalue weighted by Crippen LogP contribution is 2.36. The van der Waals surface area contributed by atoms with Crippen LogP contribution < -0.4 is 26.6 Å². The molecule has 0 spiro atoms. The fraction of sp³-hybridized carbons (Fsp3) is 0.200. The Labute approximate surface area is 238 Å². The number of fused-ring (bicyclic) bond motifs is 1. The number of hydrogen-bond acceptors (Lipinski definition) is 9. The second-order valence-corrected chi connectivity index (χ2v) is 11.1. The smallest absolute Gasteiger partial charge is 0.103 e. The Hall–Kier alpha value is -4.83. The van der Waals surface area contributed by atoms with Gasteiger partial charge in [-0.15, -0.1) is 5.53 Å². The van der Waals surface area contributed by atoms with Gasteiger partial charge in [-0.05, 0) is 47.4 Å². The van der Waals surface area contributed by atoms with E-state index in [0.717, 1.165) is 28.0 Å². The van der Waals surface area contributed by atoms with Gasteiger partial charge in [-0.3, -0.25) is 15.0 Å². The van der Waals surface area contributed by atoms with Crippen LogP contribution in [-0.2, 0) is 0 Å². The molecular weight excluding hydrogens is 522 g/mol. The number of nitrogens with zero attached hydrogens (tertiary/aromatic N) is 5. The number of nitrogens with one attached hydrogen (secondary N) is 4. The maximum absolute atomic E-state index is 9.82. The summed E-state index contributed by atoms with van der Waals surface area (Å²) in [5.74, 6) is 0. The van der Waals surface area contributed by atoms with Crippen molar-refractivity contribution < 1.29 is 0 Å². The zero-order chi connectivity index (χ0) is 28.3. The van der Waals surface area contributed by atoms with Crippen molar-refractivity contribution in [3.05, 3.63) is 101 Å². The van der Waals surface area contributed by atoms with Crippen molar-refractivity contribution in [3.8, 4) is 12.1 Å². The summed E-state index contributed by atoms with van der Waals surface area (Å²) in [6, 6.07) is 19.1. The Balaban J connectivity index is 1.58. The molecule has 10 heteroatoms. The van der Waals surface area contributed by atoms with Gasteiger partial charge in [0.25, 0.3) is 0 Å². The minimum Gasteiger partial charge on any atom is -0.383 e. The molecule has 0 radical (unpaired) electrons. The summed E-state index contributed by atoms with van der Waals surface area (Å²) >= 11 is 6.75. The van der Waals surface area contributed by atoms with Gasteiger partial charge in [-0.25, -0.2) is 0 Å². The third kappa shape index (κ3) is 5.76. The molecule has 1 aliphatic rings. The molecule has 5 rings (SSSR count). The highest BCUT2D eigenvalue weighted by Gasteiger charge is 2.24. The number of nitriles is 2. The number of anilines is 3. The number of hydrogen-bond donors (Lipinski definition) is 4. The molecule has 4 aromatic rings. The van der Waals surface area contributed by atoms with E-state index in [1.165, 1.54) is 0 Å². The van der Waals surface area contributed by atoms with E-state index >= 15 is 0 Å². The van der Waals surface area contributed by atoms with E-state index in [1.54, 1.807) is 24.7 Å². The lowest BCUT2D eigenvalue weighted by molar-refractivity contribution is 0.443. The molecule has 1 unspecified atom stereocenters. The van der Waals surface area contributed by atoms with Crippen molar-refractivity contribution >= 4 is 39.6 Å². The van der Waals surface area contributed by atoms with Crippen molar-refractivity contribution in [2.45, 2.75) is 26.8 Å². The summed E-state index contributed by atoms with van der Waals surface area (Å²) < 4.78 is 0. The normalized spacial score (nSPS) is 13.7. The summed E-state index contributed by atoms with van der Waals surface area (Å²) in [5.41, 5.74) is 11.9. The van der Waals surface area contributed by atoms with Crippen LogP contribution in [-0.4, -0.2) is 16.5 Å². The zero-order valence-electron chi connectivity index (χ0n) is 22.3. The van der Waals surface area contributed by atoms with E-state index in [9.17, 15) is 10.5 Å². The van der Waals surface area contributed by atoms with Crippen molar-refractivity contribution in [2.24, 2.45) is 5.41 Å². The van der Waals surface area contributed by atoms with Gasteiger partial charge in [0.2, 0.25) is 0 Å². The molecule has 40 heavy (non-hydrogen) atoms. The van der Waals surface area contributed by atoms with Crippen LogP contribution in [0.2, 0.25) is 5.02 Å². The number of pyridine rings is 2. The Kier molecular flexibility index (Phi) is 7.43. The first kappa shape index (κ1) is 26.8. The molecule has 1 atom stereocenters. The summed E-state index contributed by atoms with van der Waals surface area (Å²) in [4.78, 5) is 8.67. The van der Waals surface area contributed by atoms with Crippen LogP contribution in [0.5, 0.6) is 0 Å². The van der Waals surface area contributed by atoms with Gasteiger partial charge in [-0.2, -0.15) is 10.5 Å². The van der Waals surface area contributed by atoms with Gasteiger partial charge >= 0.3 is 0 Å². The second-order valence-electron chi connectivity index (χ2n) is 10.6. The molecule has 0 saturated carbocycles. The first-order chi connectivity index (χ1) is 19.3. The lowest BCUT2D eigenvalue weighted by Gasteiger charge is -2.23. The molecule has 9 nitrogen and oxygen atoms in total. The number of aromatic nitrogens is 2. The van der Waals surface area contributed by atoms with E-state index in [2.05, 4.69) is 64.5 Å². The average molecular weight is 550 g/mol. The van der Waals surface area contributed by atoms with E-state index in [0.29, 0.717) is 33.9 Å². The molecule has 200 valence electrons. The van der Waals surface area contributed by atoms with Crippen molar-refractivity contribution in [1.29, 1.82) is 10.5 Å². The van der Waals surface area contributed by atoms with Gasteiger partial charge < -0.3 is 16.1 Å². The molecule has 1 aliphatic heterocycles. The number of hydrazine groups is 2. The number of benzene rings is 2. The minimum absolute atomic E-state index is 0.00735. The summed E-state index contributed by atoms with van der Waals surface area (Å²) in [5, 5.41) is 29.4. The Morgan fingerprint density at radius 2 is 1.93 bits per heavy atom. The molecule has 0 aliphatic carbocycles. The van der Waals surface area contributed by atoms with Gasteiger partial charge in [0.1, 0.15) is 6.07 Å². The molecule has 2 aromatic heterocycles. The molecule has 2 aromatic carbocycles. The molecule has 0 saturated heterocycles. The second kappa shape index (κ2) is 11.1. The maximum Gasteiger partial charge on any atom is 0.103 e. The highest BCUT2D eigenvalue weighted by atomic mass is 35.5. The SMILES string of the molecule is CC(C)(C)CNc1c(C#N)cnc2c(Cl)cc(NC(C3=CN(c4cccnc4)NN3)c3cccc(C#N)c3)cc12. The van der Waals surface area contributed by atoms with Gasteiger partial charge in [-0.1, -0.05) is 44.5 Å². The quantitative estimate of drug-likeness (QED) is 0.219. The van der Waals surface area contributed by atoms with Crippen LogP contribution in [0.1, 0.15) is 43.5 Å². The van der Waals surface area contributed by atoms with Gasteiger partial charge in [0.15, 0.2) is 0 Å². The first-order valence-electron chi connectivity index (χ1n) is 12.7. The maximum atomic E-state index is 9.82. The molecular formula is C30H28ClN9. The van der Waals surface area contributed by atoms with Crippen LogP contribution in [0, 0.1) is 28.1 Å².